The Kier molecular flexibility index (Phi) is 21.8. The van der Waals surface area contributed by atoms with Gasteiger partial charge in [-0.1, -0.05) is 67.8 Å². The minimum atomic E-state index is -1.72. The van der Waals surface area contributed by atoms with Crippen LogP contribution in [0.25, 0.3) is 0 Å². The van der Waals surface area contributed by atoms with Gasteiger partial charge in [0.05, 0.1) is 19.6 Å². The Morgan fingerprint density at radius 2 is 1.49 bits per heavy atom. The van der Waals surface area contributed by atoms with Crippen molar-refractivity contribution in [2.24, 2.45) is 23.3 Å². The summed E-state index contributed by atoms with van der Waals surface area (Å²) in [5, 5.41) is 37.8. The fraction of sp³-hybridized carbons (Fsp3) is 0.610. The highest BCUT2D eigenvalue weighted by Gasteiger charge is 2.40. The van der Waals surface area contributed by atoms with Gasteiger partial charge in [-0.15, -0.1) is 0 Å². The number of carbonyl (C=O) groups is 10. The Labute approximate surface area is 384 Å². The van der Waals surface area contributed by atoms with Crippen molar-refractivity contribution in [3.63, 3.8) is 0 Å². The van der Waals surface area contributed by atoms with Crippen LogP contribution in [0.4, 0.5) is 0 Å². The van der Waals surface area contributed by atoms with E-state index < -0.39 is 127 Å². The summed E-state index contributed by atoms with van der Waals surface area (Å²) in [7, 11) is 2.25. The molecule has 65 heavy (non-hydrogen) atoms. The van der Waals surface area contributed by atoms with E-state index in [-0.39, 0.29) is 55.4 Å². The molecule has 1 aromatic carbocycles. The molecule has 0 aliphatic carbocycles. The van der Waals surface area contributed by atoms with E-state index in [0.29, 0.717) is 18.4 Å². The van der Waals surface area contributed by atoms with Crippen LogP contribution in [-0.4, -0.2) is 148 Å². The number of amides is 10. The third-order valence-corrected chi connectivity index (χ3v) is 13.1. The van der Waals surface area contributed by atoms with Crippen molar-refractivity contribution >= 4 is 80.7 Å². The fourth-order valence-electron chi connectivity index (χ4n) is 6.97. The topological polar surface area (TPSA) is 351 Å². The average molecular weight is 951 g/mol. The van der Waals surface area contributed by atoms with Crippen molar-refractivity contribution < 1.29 is 58.2 Å². The molecule has 2 aliphatic rings. The van der Waals surface area contributed by atoms with E-state index >= 15 is 0 Å². The number of aromatic hydroxyl groups is 1. The molecule has 22 nitrogen and oxygen atoms in total. The Hall–Kier alpha value is -5.62. The van der Waals surface area contributed by atoms with Crippen molar-refractivity contribution in [2.45, 2.75) is 115 Å². The highest BCUT2D eigenvalue weighted by Crippen LogP contribution is 2.26. The predicted molar refractivity (Wildman–Crippen MR) is 240 cm³/mol. The molecule has 3 rings (SSSR count). The number of phenolic OH excluding ortho intramolecular Hbond substituents is 1. The molecular formula is C41H62N10O12S2. The second kappa shape index (κ2) is 26.4. The Morgan fingerprint density at radius 3 is 2.11 bits per heavy atom. The van der Waals surface area contributed by atoms with Gasteiger partial charge >= 0.3 is 0 Å². The van der Waals surface area contributed by atoms with Crippen LogP contribution >= 0.6 is 21.6 Å². The van der Waals surface area contributed by atoms with Crippen LogP contribution in [-0.2, 0) is 54.4 Å². The second-order valence-corrected chi connectivity index (χ2v) is 18.9. The van der Waals surface area contributed by atoms with Gasteiger partial charge in [0.25, 0.3) is 0 Å². The number of rotatable bonds is 15. The molecular weight excluding hydrogens is 889 g/mol. The Morgan fingerprint density at radius 1 is 0.846 bits per heavy atom. The maximum absolute atomic E-state index is 14.4. The summed E-state index contributed by atoms with van der Waals surface area (Å²) in [6.07, 6.45) is 0.237. The second-order valence-electron chi connectivity index (χ2n) is 16.3. The maximum Gasteiger partial charge on any atom is 0.246 e. The summed E-state index contributed by atoms with van der Waals surface area (Å²) < 4.78 is 0. The number of aliphatic hydroxyl groups excluding tert-OH is 1. The number of nitrogens with one attached hydrogen (secondary N) is 7. The molecule has 0 aromatic heterocycles. The van der Waals surface area contributed by atoms with Gasteiger partial charge in [-0.25, -0.2) is 0 Å². The van der Waals surface area contributed by atoms with Gasteiger partial charge in [0.1, 0.15) is 48.0 Å². The number of aliphatic hydroxyl groups is 1. The molecule has 0 radical (unpaired) electrons. The van der Waals surface area contributed by atoms with Gasteiger partial charge in [0.15, 0.2) is 0 Å². The van der Waals surface area contributed by atoms with E-state index in [2.05, 4.69) is 37.2 Å². The maximum atomic E-state index is 14.4. The zero-order valence-electron chi connectivity index (χ0n) is 36.9. The quantitative estimate of drug-likeness (QED) is 0.0791. The molecule has 2 heterocycles. The Balaban J connectivity index is 1.96. The Bertz CT molecular complexity index is 1890. The molecule has 0 saturated carbocycles. The number of hydrogen-bond acceptors (Lipinski definition) is 14. The van der Waals surface area contributed by atoms with Gasteiger partial charge in [0.2, 0.25) is 59.1 Å². The van der Waals surface area contributed by atoms with Gasteiger partial charge in [-0.3, -0.25) is 47.9 Å². The summed E-state index contributed by atoms with van der Waals surface area (Å²) in [4.78, 5) is 134. The van der Waals surface area contributed by atoms with Crippen LogP contribution < -0.4 is 48.7 Å². The summed E-state index contributed by atoms with van der Waals surface area (Å²) in [5.74, 6) is -8.74. The first-order valence-electron chi connectivity index (χ1n) is 21.3. The van der Waals surface area contributed by atoms with Gasteiger partial charge in [0, 0.05) is 30.9 Å². The number of nitrogens with two attached hydrogens (primary N) is 2. The van der Waals surface area contributed by atoms with E-state index in [1.165, 1.54) is 17.0 Å². The summed E-state index contributed by atoms with van der Waals surface area (Å²) in [5.41, 5.74) is 11.2. The van der Waals surface area contributed by atoms with E-state index in [0.717, 1.165) is 21.6 Å². The first-order valence-corrected chi connectivity index (χ1v) is 23.8. The molecule has 10 amide bonds. The molecule has 0 spiro atoms. The zero-order valence-corrected chi connectivity index (χ0v) is 38.5. The lowest BCUT2D eigenvalue weighted by atomic mass is 9.96. The number of nitrogens with zero attached hydrogens (tertiary/aromatic N) is 1. The van der Waals surface area contributed by atoms with E-state index in [1.807, 2.05) is 13.8 Å². The summed E-state index contributed by atoms with van der Waals surface area (Å²) in [6.45, 7) is 5.71. The van der Waals surface area contributed by atoms with Crippen LogP contribution in [0.5, 0.6) is 5.75 Å². The first kappa shape index (κ1) is 53.7. The van der Waals surface area contributed by atoms with E-state index in [4.69, 9.17) is 11.5 Å². The largest absolute Gasteiger partial charge is 0.508 e. The number of phenols is 1. The number of primary amides is 2. The van der Waals surface area contributed by atoms with E-state index in [1.54, 1.807) is 26.0 Å². The highest BCUT2D eigenvalue weighted by atomic mass is 33.1. The number of benzene rings is 1. The van der Waals surface area contributed by atoms with Gasteiger partial charge in [-0.2, -0.15) is 0 Å². The number of carbonyl (C=O) groups excluding carboxylic acids is 10. The SMILES string of the molecule is CC[C@H](C)[C@@H]1NC(=O)[C@H](Cc2ccc(O)cc2)NC(=O)CCSSC[C@@H](C(=O)N2CCC[C@H]2C(=O)N[C@@H](CC(C)C)C(=O)NCC(N)=O)NC(=O)[C@H](CC(N)=O)NC(=O)[C@H](CO)NC1=O. The predicted octanol–water partition coefficient (Wildman–Crippen LogP) is -2.82. The van der Waals surface area contributed by atoms with Crippen molar-refractivity contribution in [3.05, 3.63) is 29.8 Å². The molecule has 2 aliphatic heterocycles. The lowest BCUT2D eigenvalue weighted by molar-refractivity contribution is -0.142. The molecule has 1 aromatic rings. The van der Waals surface area contributed by atoms with Crippen LogP contribution in [0, 0.1) is 11.8 Å². The first-order chi connectivity index (χ1) is 30.7. The number of likely N-dealkylation sites (tertiary alicyclic amines) is 1. The average Bonchev–Trinajstić information content (AvgIpc) is 3.75. The highest BCUT2D eigenvalue weighted by molar-refractivity contribution is 8.76. The van der Waals surface area contributed by atoms with Gasteiger partial charge in [-0.05, 0) is 48.8 Å². The molecule has 0 bridgehead atoms. The lowest BCUT2D eigenvalue weighted by Crippen LogP contribution is -2.62. The van der Waals surface area contributed by atoms with Crippen LogP contribution in [0.2, 0.25) is 0 Å². The number of hydrogen-bond donors (Lipinski definition) is 11. The minimum absolute atomic E-state index is 0.0185. The monoisotopic (exact) mass is 950 g/mol. The van der Waals surface area contributed by atoms with Crippen molar-refractivity contribution in [1.29, 1.82) is 0 Å². The molecule has 13 N–H and O–H groups in total. The smallest absolute Gasteiger partial charge is 0.246 e. The van der Waals surface area contributed by atoms with Gasteiger partial charge < -0.3 is 63.8 Å². The van der Waals surface area contributed by atoms with Crippen molar-refractivity contribution in [1.82, 2.24) is 42.1 Å². The normalized spacial score (nSPS) is 24.0. The summed E-state index contributed by atoms with van der Waals surface area (Å²) >= 11 is 0. The molecule has 2 saturated heterocycles. The van der Waals surface area contributed by atoms with Crippen molar-refractivity contribution in [2.75, 3.05) is 31.2 Å². The van der Waals surface area contributed by atoms with Crippen LogP contribution in [0.15, 0.2) is 24.3 Å². The third-order valence-electron chi connectivity index (χ3n) is 10.6. The van der Waals surface area contributed by atoms with Crippen LogP contribution in [0.1, 0.15) is 71.8 Å². The lowest BCUT2D eigenvalue weighted by Gasteiger charge is -2.31. The van der Waals surface area contributed by atoms with Crippen LogP contribution in [0.3, 0.4) is 0 Å². The third kappa shape index (κ3) is 17.4. The molecule has 0 unspecified atom stereocenters. The zero-order chi connectivity index (χ0) is 48.4. The van der Waals surface area contributed by atoms with Crippen molar-refractivity contribution in [3.8, 4) is 5.75 Å². The fourth-order valence-corrected chi connectivity index (χ4v) is 9.11. The molecule has 8 atom stereocenters. The molecule has 2 fully saturated rings. The standard InChI is InChI=1S/C41H62N10O12S2/c1-5-22(4)34-40(62)48-28(19-52)38(60)46-27(17-31(42)54)36(58)49-29(20-65-64-14-12-33(56)45-26(37(59)50-34)16-23-8-10-24(53)11-9-23)41(63)51-13-6-7-30(51)39(61)47-25(15-21(2)3)35(57)44-18-32(43)55/h8-11,21-22,25-30,34,52-53H,5-7,12-20H2,1-4H3,(H2,42,54)(H2,43,55)(H,44,57)(H,45,56)(H,46,60)(H,47,61)(H,48,62)(H,49,58)(H,50,59)/t22-,25-,26-,27-,28-,29-,30-,34-/m0/s1. The minimum Gasteiger partial charge on any atom is -0.508 e. The molecule has 360 valence electrons. The molecule has 24 heteroatoms. The van der Waals surface area contributed by atoms with E-state index in [9.17, 15) is 58.2 Å². The summed E-state index contributed by atoms with van der Waals surface area (Å²) in [6, 6.07) is -3.49.